The monoisotopic (exact) mass is 289 g/mol. The molecule has 0 aliphatic heterocycles. The molecule has 0 fully saturated rings. The standard InChI is InChI=1S/C13H11N3O3S/c1-19-8-5-4-7(14-13(17)18)10-11(8)16-12(15-10)9-3-2-6-20-9/h2-6,14H,1H3,(H,15,16)(H,17,18). The van der Waals surface area contributed by atoms with Gasteiger partial charge in [0.1, 0.15) is 22.6 Å². The van der Waals surface area contributed by atoms with E-state index < -0.39 is 6.09 Å². The zero-order chi connectivity index (χ0) is 14.1. The first kappa shape index (κ1) is 12.5. The fraction of sp³-hybridized carbons (Fsp3) is 0.0769. The van der Waals surface area contributed by atoms with Crippen molar-refractivity contribution < 1.29 is 14.6 Å². The lowest BCUT2D eigenvalue weighted by Gasteiger charge is -2.05. The summed E-state index contributed by atoms with van der Waals surface area (Å²) in [6.45, 7) is 0. The summed E-state index contributed by atoms with van der Waals surface area (Å²) in [5.41, 5.74) is 1.63. The number of aromatic amines is 1. The third-order valence-corrected chi connectivity index (χ3v) is 3.70. The molecule has 0 saturated heterocycles. The number of ether oxygens (including phenoxy) is 1. The zero-order valence-electron chi connectivity index (χ0n) is 10.5. The lowest BCUT2D eigenvalue weighted by molar-refractivity contribution is 0.210. The molecule has 0 bridgehead atoms. The first-order valence-corrected chi connectivity index (χ1v) is 6.67. The van der Waals surface area contributed by atoms with Crippen LogP contribution >= 0.6 is 11.3 Å². The Morgan fingerprint density at radius 1 is 1.45 bits per heavy atom. The minimum Gasteiger partial charge on any atom is -0.494 e. The largest absolute Gasteiger partial charge is 0.494 e. The molecule has 2 aromatic heterocycles. The predicted molar refractivity (Wildman–Crippen MR) is 77.6 cm³/mol. The van der Waals surface area contributed by atoms with Gasteiger partial charge in [0, 0.05) is 0 Å². The number of rotatable bonds is 3. The molecule has 102 valence electrons. The van der Waals surface area contributed by atoms with Gasteiger partial charge in [0.25, 0.3) is 0 Å². The average Bonchev–Trinajstić information content (AvgIpc) is 3.07. The molecule has 7 heteroatoms. The fourth-order valence-electron chi connectivity index (χ4n) is 1.98. The quantitative estimate of drug-likeness (QED) is 0.689. The molecule has 0 aliphatic carbocycles. The van der Waals surface area contributed by atoms with Crippen molar-refractivity contribution in [3.63, 3.8) is 0 Å². The van der Waals surface area contributed by atoms with Crippen molar-refractivity contribution in [2.75, 3.05) is 12.4 Å². The van der Waals surface area contributed by atoms with Crippen LogP contribution in [-0.4, -0.2) is 28.3 Å². The van der Waals surface area contributed by atoms with Crippen molar-refractivity contribution in [1.29, 1.82) is 0 Å². The highest BCUT2D eigenvalue weighted by Crippen LogP contribution is 2.33. The highest BCUT2D eigenvalue weighted by atomic mass is 32.1. The molecule has 0 saturated carbocycles. The second kappa shape index (κ2) is 4.86. The maximum absolute atomic E-state index is 10.8. The van der Waals surface area contributed by atoms with Gasteiger partial charge in [-0.15, -0.1) is 11.3 Å². The summed E-state index contributed by atoms with van der Waals surface area (Å²) in [7, 11) is 1.56. The molecule has 0 atom stereocenters. The van der Waals surface area contributed by atoms with Crippen LogP contribution in [0.25, 0.3) is 21.7 Å². The molecule has 3 rings (SSSR count). The Morgan fingerprint density at radius 3 is 2.95 bits per heavy atom. The summed E-state index contributed by atoms with van der Waals surface area (Å²) in [4.78, 5) is 19.4. The minimum absolute atomic E-state index is 0.423. The maximum atomic E-state index is 10.8. The maximum Gasteiger partial charge on any atom is 0.409 e. The number of nitrogens with zero attached hydrogens (tertiary/aromatic N) is 1. The number of imidazole rings is 1. The van der Waals surface area contributed by atoms with Gasteiger partial charge in [-0.1, -0.05) is 6.07 Å². The fourth-order valence-corrected chi connectivity index (χ4v) is 2.65. The topological polar surface area (TPSA) is 87.2 Å². The number of nitrogens with one attached hydrogen (secondary N) is 2. The molecule has 0 unspecified atom stereocenters. The van der Waals surface area contributed by atoms with Crippen molar-refractivity contribution in [3.8, 4) is 16.5 Å². The highest BCUT2D eigenvalue weighted by Gasteiger charge is 2.14. The summed E-state index contributed by atoms with van der Waals surface area (Å²) in [6.07, 6.45) is -1.13. The van der Waals surface area contributed by atoms with Gasteiger partial charge in [0.15, 0.2) is 0 Å². The highest BCUT2D eigenvalue weighted by molar-refractivity contribution is 7.13. The summed E-state index contributed by atoms with van der Waals surface area (Å²) in [5.74, 6) is 1.30. The molecule has 3 aromatic rings. The Kier molecular flexibility index (Phi) is 3.03. The van der Waals surface area contributed by atoms with Crippen molar-refractivity contribution in [2.45, 2.75) is 0 Å². The van der Waals surface area contributed by atoms with Gasteiger partial charge in [0.2, 0.25) is 0 Å². The summed E-state index contributed by atoms with van der Waals surface area (Å²) in [5, 5.41) is 13.2. The van der Waals surface area contributed by atoms with Crippen LogP contribution < -0.4 is 10.1 Å². The van der Waals surface area contributed by atoms with E-state index in [-0.39, 0.29) is 0 Å². The van der Waals surface area contributed by atoms with Gasteiger partial charge in [0.05, 0.1) is 17.7 Å². The van der Waals surface area contributed by atoms with E-state index >= 15 is 0 Å². The van der Waals surface area contributed by atoms with Crippen molar-refractivity contribution in [1.82, 2.24) is 9.97 Å². The van der Waals surface area contributed by atoms with Crippen LogP contribution in [-0.2, 0) is 0 Å². The lowest BCUT2D eigenvalue weighted by atomic mass is 10.2. The van der Waals surface area contributed by atoms with E-state index in [1.54, 1.807) is 30.6 Å². The Hall–Kier alpha value is -2.54. The second-order valence-corrected chi connectivity index (χ2v) is 4.98. The first-order valence-electron chi connectivity index (χ1n) is 5.79. The number of H-pyrrole nitrogens is 1. The van der Waals surface area contributed by atoms with Crippen LogP contribution in [0.3, 0.4) is 0 Å². The van der Waals surface area contributed by atoms with Crippen LogP contribution in [0.5, 0.6) is 5.75 Å². The number of benzene rings is 1. The number of thiophene rings is 1. The number of carboxylic acid groups (broad SMARTS) is 1. The van der Waals surface area contributed by atoms with E-state index in [4.69, 9.17) is 9.84 Å². The lowest BCUT2D eigenvalue weighted by Crippen LogP contribution is -2.07. The number of amides is 1. The number of hydrogen-bond acceptors (Lipinski definition) is 4. The molecule has 3 N–H and O–H groups in total. The van der Waals surface area contributed by atoms with Gasteiger partial charge < -0.3 is 14.8 Å². The molecule has 6 nitrogen and oxygen atoms in total. The van der Waals surface area contributed by atoms with Gasteiger partial charge in [-0.05, 0) is 23.6 Å². The minimum atomic E-state index is -1.13. The summed E-state index contributed by atoms with van der Waals surface area (Å²) >= 11 is 1.55. The average molecular weight is 289 g/mol. The summed E-state index contributed by atoms with van der Waals surface area (Å²) in [6, 6.07) is 7.21. The van der Waals surface area contributed by atoms with Crippen molar-refractivity contribution in [3.05, 3.63) is 29.6 Å². The van der Waals surface area contributed by atoms with E-state index in [2.05, 4.69) is 15.3 Å². The molecule has 1 aromatic carbocycles. The predicted octanol–water partition coefficient (Wildman–Crippen LogP) is 3.39. The molecular weight excluding hydrogens is 278 g/mol. The molecule has 1 amide bonds. The number of fused-ring (bicyclic) bond motifs is 1. The number of carbonyl (C=O) groups is 1. The third kappa shape index (κ3) is 2.08. The van der Waals surface area contributed by atoms with E-state index in [1.165, 1.54) is 0 Å². The van der Waals surface area contributed by atoms with E-state index in [1.807, 2.05) is 17.5 Å². The van der Waals surface area contributed by atoms with Gasteiger partial charge in [-0.2, -0.15) is 0 Å². The van der Waals surface area contributed by atoms with E-state index in [0.717, 1.165) is 4.88 Å². The second-order valence-electron chi connectivity index (χ2n) is 4.03. The van der Waals surface area contributed by atoms with Crippen LogP contribution in [0.2, 0.25) is 0 Å². The third-order valence-electron chi connectivity index (χ3n) is 2.82. The molecular formula is C13H11N3O3S. The van der Waals surface area contributed by atoms with Crippen LogP contribution in [0, 0.1) is 0 Å². The zero-order valence-corrected chi connectivity index (χ0v) is 11.3. The number of methoxy groups -OCH3 is 1. The number of aromatic nitrogens is 2. The Labute approximate surface area is 118 Å². The van der Waals surface area contributed by atoms with Crippen molar-refractivity contribution >= 4 is 34.2 Å². The van der Waals surface area contributed by atoms with Crippen LogP contribution in [0.1, 0.15) is 0 Å². The van der Waals surface area contributed by atoms with Crippen LogP contribution in [0.15, 0.2) is 29.6 Å². The molecule has 0 radical (unpaired) electrons. The number of hydrogen-bond donors (Lipinski definition) is 3. The van der Waals surface area contributed by atoms with E-state index in [0.29, 0.717) is 28.3 Å². The molecule has 20 heavy (non-hydrogen) atoms. The Balaban J connectivity index is 2.21. The molecule has 0 aliphatic rings. The van der Waals surface area contributed by atoms with Crippen LogP contribution in [0.4, 0.5) is 10.5 Å². The van der Waals surface area contributed by atoms with Gasteiger partial charge in [-0.25, -0.2) is 9.78 Å². The van der Waals surface area contributed by atoms with Gasteiger partial charge in [-0.3, -0.25) is 5.32 Å². The molecule has 0 spiro atoms. The SMILES string of the molecule is COc1ccc(NC(=O)O)c2nc(-c3cccs3)[nH]c12. The van der Waals surface area contributed by atoms with E-state index in [9.17, 15) is 4.79 Å². The normalized spacial score (nSPS) is 10.7. The molecule has 2 heterocycles. The summed E-state index contributed by atoms with van der Waals surface area (Å²) < 4.78 is 5.28. The smallest absolute Gasteiger partial charge is 0.409 e. The van der Waals surface area contributed by atoms with Crippen molar-refractivity contribution in [2.24, 2.45) is 0 Å². The number of anilines is 1. The Morgan fingerprint density at radius 2 is 2.30 bits per heavy atom. The first-order chi connectivity index (χ1) is 9.69. The van der Waals surface area contributed by atoms with Gasteiger partial charge >= 0.3 is 6.09 Å². The Bertz CT molecular complexity index is 765.